The fraction of sp³-hybridized carbons (Fsp3) is 0.647. The monoisotopic (exact) mass is 335 g/mol. The van der Waals surface area contributed by atoms with Crippen LogP contribution >= 0.6 is 0 Å². The number of ether oxygens (including phenoxy) is 1. The summed E-state index contributed by atoms with van der Waals surface area (Å²) in [5, 5.41) is 10.2. The molecule has 2 atom stereocenters. The summed E-state index contributed by atoms with van der Waals surface area (Å²) in [6.07, 6.45) is 3.26. The van der Waals surface area contributed by atoms with E-state index in [2.05, 4.69) is 0 Å². The molecule has 0 radical (unpaired) electrons. The highest BCUT2D eigenvalue weighted by atomic mass is 16.5. The molecule has 1 aliphatic heterocycles. The third kappa shape index (κ3) is 2.76. The highest BCUT2D eigenvalue weighted by Crippen LogP contribution is 2.50. The summed E-state index contributed by atoms with van der Waals surface area (Å²) < 4.78 is 7.17. The van der Waals surface area contributed by atoms with Gasteiger partial charge in [0.25, 0.3) is 11.5 Å². The molecule has 3 N–H and O–H groups in total. The van der Waals surface area contributed by atoms with Gasteiger partial charge < -0.3 is 25.0 Å². The van der Waals surface area contributed by atoms with E-state index in [9.17, 15) is 14.7 Å². The first kappa shape index (κ1) is 17.1. The van der Waals surface area contributed by atoms with Gasteiger partial charge >= 0.3 is 0 Å². The Morgan fingerprint density at radius 3 is 2.79 bits per heavy atom. The molecule has 1 aromatic heterocycles. The number of pyridine rings is 1. The molecule has 0 aromatic carbocycles. The molecule has 1 saturated heterocycles. The van der Waals surface area contributed by atoms with Crippen LogP contribution in [-0.4, -0.2) is 58.9 Å². The van der Waals surface area contributed by atoms with E-state index >= 15 is 0 Å². The first-order valence-corrected chi connectivity index (χ1v) is 8.44. The van der Waals surface area contributed by atoms with Crippen LogP contribution < -0.4 is 11.3 Å². The van der Waals surface area contributed by atoms with Crippen LogP contribution in [0.2, 0.25) is 0 Å². The van der Waals surface area contributed by atoms with E-state index in [1.807, 2.05) is 0 Å². The minimum Gasteiger partial charge on any atom is -0.392 e. The molecule has 24 heavy (non-hydrogen) atoms. The van der Waals surface area contributed by atoms with E-state index in [0.717, 1.165) is 0 Å². The number of aromatic nitrogens is 1. The third-order valence-electron chi connectivity index (χ3n) is 5.51. The maximum absolute atomic E-state index is 12.6. The molecule has 1 aromatic rings. The molecule has 0 unspecified atom stereocenters. The fourth-order valence-corrected chi connectivity index (χ4v) is 3.88. The first-order valence-electron chi connectivity index (χ1n) is 8.44. The lowest BCUT2D eigenvalue weighted by Crippen LogP contribution is -2.63. The molecule has 7 heteroatoms. The number of likely N-dealkylation sites (tertiary alicyclic amines) is 1. The zero-order valence-corrected chi connectivity index (χ0v) is 14.0. The number of aryl methyl sites for hydroxylation is 1. The highest BCUT2D eigenvalue weighted by molar-refractivity contribution is 5.93. The quantitative estimate of drug-likeness (QED) is 0.788. The normalized spacial score (nSPS) is 25.5. The van der Waals surface area contributed by atoms with Gasteiger partial charge in [0.1, 0.15) is 5.56 Å². The summed E-state index contributed by atoms with van der Waals surface area (Å²) in [5.41, 5.74) is 5.13. The van der Waals surface area contributed by atoms with Crippen molar-refractivity contribution in [3.05, 3.63) is 34.2 Å². The SMILES string of the molecule is Cn1cccc(C(=O)N2CCC3(CC2)[C@H](O)C[C@@H]3OCCN)c1=O. The lowest BCUT2D eigenvalue weighted by Gasteiger charge is -2.56. The Balaban J connectivity index is 1.67. The molecule has 1 saturated carbocycles. The van der Waals surface area contributed by atoms with Gasteiger partial charge in [-0.25, -0.2) is 0 Å². The van der Waals surface area contributed by atoms with Gasteiger partial charge in [0.05, 0.1) is 18.8 Å². The smallest absolute Gasteiger partial charge is 0.263 e. The van der Waals surface area contributed by atoms with Crippen molar-refractivity contribution in [2.45, 2.75) is 31.5 Å². The second kappa shape index (κ2) is 6.66. The van der Waals surface area contributed by atoms with Crippen molar-refractivity contribution < 1.29 is 14.6 Å². The van der Waals surface area contributed by atoms with Crippen LogP contribution in [-0.2, 0) is 11.8 Å². The van der Waals surface area contributed by atoms with E-state index in [0.29, 0.717) is 45.5 Å². The molecule has 3 rings (SSSR count). The molecule has 132 valence electrons. The lowest BCUT2D eigenvalue weighted by molar-refractivity contribution is -0.207. The molecule has 1 spiro atoms. The van der Waals surface area contributed by atoms with Gasteiger partial charge in [-0.15, -0.1) is 0 Å². The number of piperidine rings is 1. The van der Waals surface area contributed by atoms with Crippen molar-refractivity contribution in [3.63, 3.8) is 0 Å². The van der Waals surface area contributed by atoms with Gasteiger partial charge in [-0.05, 0) is 25.0 Å². The van der Waals surface area contributed by atoms with Crippen molar-refractivity contribution in [2.24, 2.45) is 18.2 Å². The largest absolute Gasteiger partial charge is 0.392 e. The van der Waals surface area contributed by atoms with Crippen LogP contribution in [0.5, 0.6) is 0 Å². The highest BCUT2D eigenvalue weighted by Gasteiger charge is 2.56. The number of hydrogen-bond donors (Lipinski definition) is 2. The van der Waals surface area contributed by atoms with Crippen molar-refractivity contribution >= 4 is 5.91 Å². The number of aliphatic hydroxyl groups is 1. The van der Waals surface area contributed by atoms with Crippen LogP contribution in [0, 0.1) is 5.41 Å². The molecule has 1 amide bonds. The second-order valence-corrected chi connectivity index (χ2v) is 6.76. The zero-order chi connectivity index (χ0) is 17.3. The molecule has 1 aliphatic carbocycles. The summed E-state index contributed by atoms with van der Waals surface area (Å²) >= 11 is 0. The van der Waals surface area contributed by atoms with Crippen LogP contribution in [0.4, 0.5) is 0 Å². The Kier molecular flexibility index (Phi) is 4.76. The number of nitrogens with two attached hydrogens (primary N) is 1. The third-order valence-corrected chi connectivity index (χ3v) is 5.51. The fourth-order valence-electron chi connectivity index (χ4n) is 3.88. The first-order chi connectivity index (χ1) is 11.5. The molecule has 0 bridgehead atoms. The molecule has 2 fully saturated rings. The predicted molar refractivity (Wildman–Crippen MR) is 88.7 cm³/mol. The van der Waals surface area contributed by atoms with E-state index in [1.54, 1.807) is 30.3 Å². The Morgan fingerprint density at radius 1 is 1.46 bits per heavy atom. The van der Waals surface area contributed by atoms with Gasteiger partial charge in [-0.1, -0.05) is 0 Å². The van der Waals surface area contributed by atoms with E-state index in [4.69, 9.17) is 10.5 Å². The van der Waals surface area contributed by atoms with Gasteiger partial charge in [0.15, 0.2) is 0 Å². The van der Waals surface area contributed by atoms with Gasteiger partial charge in [-0.3, -0.25) is 9.59 Å². The predicted octanol–water partition coefficient (Wildman–Crippen LogP) is -0.284. The standard InChI is InChI=1S/C17H25N3O4/c1-19-7-2-3-12(15(19)22)16(23)20-8-4-17(5-9-20)13(21)11-14(17)24-10-6-18/h2-3,7,13-14,21H,4-6,8-11,18H2,1H3/t13-,14+/m1/s1. The molecule has 2 heterocycles. The van der Waals surface area contributed by atoms with E-state index in [1.165, 1.54) is 4.57 Å². The zero-order valence-electron chi connectivity index (χ0n) is 14.0. The summed E-state index contributed by atoms with van der Waals surface area (Å²) in [5.74, 6) is -0.237. The summed E-state index contributed by atoms with van der Waals surface area (Å²) in [6, 6.07) is 3.27. The Morgan fingerprint density at radius 2 is 2.17 bits per heavy atom. The van der Waals surface area contributed by atoms with Crippen LogP contribution in [0.15, 0.2) is 23.1 Å². The second-order valence-electron chi connectivity index (χ2n) is 6.76. The van der Waals surface area contributed by atoms with Gasteiger partial charge in [0, 0.05) is 44.7 Å². The summed E-state index contributed by atoms with van der Waals surface area (Å²) in [7, 11) is 1.63. The van der Waals surface area contributed by atoms with Gasteiger partial charge in [-0.2, -0.15) is 0 Å². The summed E-state index contributed by atoms with van der Waals surface area (Å²) in [4.78, 5) is 26.4. The summed E-state index contributed by atoms with van der Waals surface area (Å²) in [6.45, 7) is 2.00. The number of aliphatic hydroxyl groups excluding tert-OH is 1. The lowest BCUT2D eigenvalue weighted by atomic mass is 9.58. The number of carbonyl (C=O) groups is 1. The minimum absolute atomic E-state index is 0.0119. The van der Waals surface area contributed by atoms with Crippen molar-refractivity contribution in [3.8, 4) is 0 Å². The average molecular weight is 335 g/mol. The Hall–Kier alpha value is -1.70. The maximum atomic E-state index is 12.6. The van der Waals surface area contributed by atoms with Crippen LogP contribution in [0.1, 0.15) is 29.6 Å². The molecular formula is C17H25N3O4. The Labute approximate surface area is 141 Å². The average Bonchev–Trinajstić information content (AvgIpc) is 2.60. The Bertz CT molecular complexity index is 664. The number of amides is 1. The molecule has 2 aliphatic rings. The number of rotatable bonds is 4. The number of carbonyl (C=O) groups excluding carboxylic acids is 1. The number of hydrogen-bond acceptors (Lipinski definition) is 5. The van der Waals surface area contributed by atoms with Crippen LogP contribution in [0.3, 0.4) is 0 Å². The van der Waals surface area contributed by atoms with Crippen molar-refractivity contribution in [1.29, 1.82) is 0 Å². The van der Waals surface area contributed by atoms with E-state index in [-0.39, 0.29) is 34.7 Å². The molecular weight excluding hydrogens is 310 g/mol. The van der Waals surface area contributed by atoms with Crippen molar-refractivity contribution in [2.75, 3.05) is 26.2 Å². The maximum Gasteiger partial charge on any atom is 0.263 e. The molecule has 7 nitrogen and oxygen atoms in total. The van der Waals surface area contributed by atoms with Gasteiger partial charge in [0.2, 0.25) is 0 Å². The number of nitrogens with zero attached hydrogens (tertiary/aromatic N) is 2. The van der Waals surface area contributed by atoms with E-state index < -0.39 is 0 Å². The topological polar surface area (TPSA) is 97.8 Å². The van der Waals surface area contributed by atoms with Crippen molar-refractivity contribution in [1.82, 2.24) is 9.47 Å². The van der Waals surface area contributed by atoms with Crippen LogP contribution in [0.25, 0.3) is 0 Å². The minimum atomic E-state index is -0.387.